The largest absolute Gasteiger partial charge is 0.379 e. The maximum atomic E-state index is 14.1. The molecule has 2 saturated heterocycles. The van der Waals surface area contributed by atoms with Crippen LogP contribution in [0.5, 0.6) is 0 Å². The number of carbonyl (C=O) groups is 5. The van der Waals surface area contributed by atoms with Crippen molar-refractivity contribution < 1.29 is 33.4 Å². The number of nitrogens with zero attached hydrogens (tertiary/aromatic N) is 1. The fourth-order valence-electron chi connectivity index (χ4n) is 6.69. The summed E-state index contributed by atoms with van der Waals surface area (Å²) in [6.45, 7) is 12.4. The first-order chi connectivity index (χ1) is 25.8. The predicted octanol–water partition coefficient (Wildman–Crippen LogP) is 3.36. The normalized spacial score (nSPS) is 19.3. The molecule has 0 aliphatic carbocycles. The minimum absolute atomic E-state index is 0.0254. The van der Waals surface area contributed by atoms with Crippen molar-refractivity contribution in [2.45, 2.75) is 109 Å². The maximum Gasteiger partial charge on any atom is 0.243 e. The summed E-state index contributed by atoms with van der Waals surface area (Å²) in [6.07, 6.45) is 3.27. The number of carbonyl (C=O) groups excluding carboxylic acids is 5. The average molecular weight is 748 g/mol. The molecule has 4 amide bonds. The molecular weight excluding hydrogens is 686 g/mol. The molecule has 2 aromatic carbocycles. The van der Waals surface area contributed by atoms with Gasteiger partial charge in [0.15, 0.2) is 5.78 Å². The average Bonchev–Trinajstić information content (AvgIpc) is 3.90. The molecule has 12 heteroatoms. The zero-order valence-corrected chi connectivity index (χ0v) is 32.7. The lowest BCUT2D eigenvalue weighted by atomic mass is 9.93. The van der Waals surface area contributed by atoms with Crippen LogP contribution in [-0.4, -0.2) is 104 Å². The second-order valence-electron chi connectivity index (χ2n) is 15.7. The van der Waals surface area contributed by atoms with Gasteiger partial charge in [-0.05, 0) is 74.8 Å². The van der Waals surface area contributed by atoms with Gasteiger partial charge in [-0.2, -0.15) is 0 Å². The Bertz CT molecular complexity index is 1510. The molecule has 2 heterocycles. The quantitative estimate of drug-likeness (QED) is 0.134. The summed E-state index contributed by atoms with van der Waals surface area (Å²) in [7, 11) is 0. The fourth-order valence-corrected chi connectivity index (χ4v) is 6.69. The van der Waals surface area contributed by atoms with Crippen molar-refractivity contribution in [3.8, 4) is 0 Å². The molecule has 12 nitrogen and oxygen atoms in total. The molecule has 5 atom stereocenters. The lowest BCUT2D eigenvalue weighted by molar-refractivity contribution is -0.135. The smallest absolute Gasteiger partial charge is 0.243 e. The molecule has 54 heavy (non-hydrogen) atoms. The van der Waals surface area contributed by atoms with Crippen molar-refractivity contribution in [2.24, 2.45) is 11.8 Å². The molecule has 4 rings (SSSR count). The summed E-state index contributed by atoms with van der Waals surface area (Å²) in [5.74, 6) is -1.72. The van der Waals surface area contributed by atoms with Crippen molar-refractivity contribution in [3.63, 3.8) is 0 Å². The molecule has 296 valence electrons. The molecule has 0 spiro atoms. The van der Waals surface area contributed by atoms with Crippen molar-refractivity contribution in [1.29, 1.82) is 0 Å². The van der Waals surface area contributed by atoms with Gasteiger partial charge < -0.3 is 30.7 Å². The molecular formula is C42H61N5O7. The molecule has 0 aromatic heterocycles. The van der Waals surface area contributed by atoms with E-state index in [9.17, 15) is 24.0 Å². The van der Waals surface area contributed by atoms with Gasteiger partial charge in [-0.3, -0.25) is 28.9 Å². The van der Waals surface area contributed by atoms with E-state index in [2.05, 4.69) is 21.3 Å². The molecule has 0 saturated carbocycles. The third-order valence-electron chi connectivity index (χ3n) is 9.90. The highest BCUT2D eigenvalue weighted by molar-refractivity contribution is 5.98. The number of epoxide rings is 1. The van der Waals surface area contributed by atoms with Gasteiger partial charge >= 0.3 is 0 Å². The van der Waals surface area contributed by atoms with Gasteiger partial charge in [0.05, 0.1) is 32.4 Å². The zero-order chi connectivity index (χ0) is 39.1. The first-order valence-corrected chi connectivity index (χ1v) is 19.6. The number of ketones is 1. The number of morpholine rings is 1. The highest BCUT2D eigenvalue weighted by atomic mass is 16.6. The lowest BCUT2D eigenvalue weighted by Crippen LogP contribution is -2.59. The molecule has 0 unspecified atom stereocenters. The summed E-state index contributed by atoms with van der Waals surface area (Å²) in [5.41, 5.74) is 1.21. The molecule has 2 aliphatic rings. The number of nitrogens with one attached hydrogen (secondary N) is 4. The van der Waals surface area contributed by atoms with Crippen LogP contribution in [0.1, 0.15) is 77.8 Å². The fraction of sp³-hybridized carbons (Fsp3) is 0.595. The van der Waals surface area contributed by atoms with E-state index in [0.29, 0.717) is 65.0 Å². The standard InChI is InChI=1S/C42H61N5O7/c1-29(2)25-35(38(49)42(5)28-54-42)45-40(51)34(20-19-32-15-10-7-11-16-32)44-41(52)36(26-30(3)4)46-39(50)33(18-12-17-31-13-8-6-9-14-31)43-37(48)27-47-21-23-53-24-22-47/h6-11,13-16,29-30,33-36H,12,17-28H2,1-5H3,(H,43,48)(H,44,52)(H,45,51)(H,46,50)/t33-,34-,35-,36-,42+/m0/s1. The van der Waals surface area contributed by atoms with E-state index >= 15 is 0 Å². The number of hydrogen-bond donors (Lipinski definition) is 4. The summed E-state index contributed by atoms with van der Waals surface area (Å²) >= 11 is 0. The van der Waals surface area contributed by atoms with Gasteiger partial charge in [0, 0.05) is 13.1 Å². The second kappa shape index (κ2) is 21.1. The Morgan fingerprint density at radius 2 is 1.15 bits per heavy atom. The monoisotopic (exact) mass is 747 g/mol. The molecule has 4 N–H and O–H groups in total. The van der Waals surface area contributed by atoms with Crippen LogP contribution in [0.4, 0.5) is 0 Å². The molecule has 2 aliphatic heterocycles. The summed E-state index contributed by atoms with van der Waals surface area (Å²) in [5, 5.41) is 11.7. The lowest BCUT2D eigenvalue weighted by Gasteiger charge is -2.29. The first-order valence-electron chi connectivity index (χ1n) is 19.6. The van der Waals surface area contributed by atoms with Gasteiger partial charge in [-0.25, -0.2) is 0 Å². The predicted molar refractivity (Wildman–Crippen MR) is 207 cm³/mol. The summed E-state index contributed by atoms with van der Waals surface area (Å²) in [4.78, 5) is 70.6. The van der Waals surface area contributed by atoms with Crippen molar-refractivity contribution >= 4 is 29.4 Å². The maximum absolute atomic E-state index is 14.1. The van der Waals surface area contributed by atoms with Crippen LogP contribution < -0.4 is 21.3 Å². The van der Waals surface area contributed by atoms with E-state index in [-0.39, 0.29) is 36.5 Å². The number of ether oxygens (including phenoxy) is 2. The highest BCUT2D eigenvalue weighted by Crippen LogP contribution is 2.29. The number of Topliss-reactive ketones (excluding diaryl/α,β-unsaturated/α-hetero) is 1. The van der Waals surface area contributed by atoms with Gasteiger partial charge in [0.25, 0.3) is 0 Å². The van der Waals surface area contributed by atoms with Crippen LogP contribution in [0, 0.1) is 11.8 Å². The Morgan fingerprint density at radius 1 is 0.667 bits per heavy atom. The van der Waals surface area contributed by atoms with Crippen LogP contribution >= 0.6 is 0 Å². The van der Waals surface area contributed by atoms with Crippen molar-refractivity contribution in [3.05, 3.63) is 71.8 Å². The second-order valence-corrected chi connectivity index (χ2v) is 15.7. The van der Waals surface area contributed by atoms with E-state index in [1.165, 1.54) is 0 Å². The Kier molecular flexibility index (Phi) is 16.6. The van der Waals surface area contributed by atoms with Crippen LogP contribution in [0.15, 0.2) is 60.7 Å². The number of amides is 4. The van der Waals surface area contributed by atoms with Crippen LogP contribution in [0.2, 0.25) is 0 Å². The highest BCUT2D eigenvalue weighted by Gasteiger charge is 2.50. The first kappa shape index (κ1) is 42.6. The van der Waals surface area contributed by atoms with E-state index < -0.39 is 47.5 Å². The third kappa shape index (κ3) is 14.3. The van der Waals surface area contributed by atoms with Crippen LogP contribution in [0.25, 0.3) is 0 Å². The van der Waals surface area contributed by atoms with Gasteiger partial charge in [-0.15, -0.1) is 0 Å². The van der Waals surface area contributed by atoms with E-state index in [1.54, 1.807) is 6.92 Å². The van der Waals surface area contributed by atoms with Crippen molar-refractivity contribution in [1.82, 2.24) is 26.2 Å². The minimum atomic E-state index is -0.977. The van der Waals surface area contributed by atoms with Crippen molar-refractivity contribution in [2.75, 3.05) is 39.5 Å². The van der Waals surface area contributed by atoms with Gasteiger partial charge in [0.2, 0.25) is 23.6 Å². The Balaban J connectivity index is 1.49. The Morgan fingerprint density at radius 3 is 1.70 bits per heavy atom. The zero-order valence-electron chi connectivity index (χ0n) is 32.7. The molecule has 2 fully saturated rings. The van der Waals surface area contributed by atoms with Crippen LogP contribution in [-0.2, 0) is 46.3 Å². The SMILES string of the molecule is CC(C)C[C@H](NC(=O)[C@H](CCCc1ccccc1)NC(=O)CN1CCOCC1)C(=O)N[C@@H](CCc1ccccc1)C(=O)N[C@@H](CC(C)C)C(=O)[C@@]1(C)CO1. The topological polar surface area (TPSA) is 158 Å². The van der Waals surface area contributed by atoms with E-state index in [1.807, 2.05) is 93.3 Å². The summed E-state index contributed by atoms with van der Waals surface area (Å²) < 4.78 is 10.8. The van der Waals surface area contributed by atoms with Crippen LogP contribution in [0.3, 0.4) is 0 Å². The van der Waals surface area contributed by atoms with Gasteiger partial charge in [-0.1, -0.05) is 88.4 Å². The Hall–Kier alpha value is -4.13. The summed E-state index contributed by atoms with van der Waals surface area (Å²) in [6, 6.07) is 16.0. The Labute approximate surface area is 320 Å². The molecule has 0 bridgehead atoms. The van der Waals surface area contributed by atoms with Gasteiger partial charge in [0.1, 0.15) is 23.7 Å². The number of aryl methyl sites for hydroxylation is 2. The molecule has 2 aromatic rings. The third-order valence-corrected chi connectivity index (χ3v) is 9.90. The minimum Gasteiger partial charge on any atom is -0.379 e. The van der Waals surface area contributed by atoms with E-state index in [0.717, 1.165) is 17.5 Å². The number of rotatable bonds is 22. The molecule has 0 radical (unpaired) electrons. The van der Waals surface area contributed by atoms with E-state index in [4.69, 9.17) is 9.47 Å². The number of hydrogen-bond acceptors (Lipinski definition) is 8. The number of benzene rings is 2.